The zero-order valence-electron chi connectivity index (χ0n) is 14.9. The van der Waals surface area contributed by atoms with Gasteiger partial charge in [0, 0.05) is 16.3 Å². The van der Waals surface area contributed by atoms with Gasteiger partial charge >= 0.3 is 5.97 Å². The number of carbonyl (C=O) groups is 2. The number of aryl methyl sites for hydroxylation is 1. The molecule has 6 nitrogen and oxygen atoms in total. The quantitative estimate of drug-likeness (QED) is 0.496. The Hall–Kier alpha value is -3.45. The number of rotatable bonds is 5. The minimum absolute atomic E-state index is 0.265. The van der Waals surface area contributed by atoms with Gasteiger partial charge in [-0.2, -0.15) is 0 Å². The van der Waals surface area contributed by atoms with Crippen LogP contribution in [0.25, 0.3) is 10.1 Å². The van der Waals surface area contributed by atoms with Crippen LogP contribution in [0.2, 0.25) is 0 Å². The van der Waals surface area contributed by atoms with Crippen molar-refractivity contribution in [1.29, 1.82) is 0 Å². The van der Waals surface area contributed by atoms with Gasteiger partial charge in [-0.15, -0.1) is 11.3 Å². The first-order chi connectivity index (χ1) is 13.6. The number of nitrogens with zero attached hydrogens (tertiary/aromatic N) is 1. The summed E-state index contributed by atoms with van der Waals surface area (Å²) < 4.78 is 11.5. The van der Waals surface area contributed by atoms with Crippen LogP contribution >= 0.6 is 11.3 Å². The monoisotopic (exact) mass is 392 g/mol. The molecule has 0 saturated carbocycles. The van der Waals surface area contributed by atoms with E-state index in [1.54, 1.807) is 43.3 Å². The molecular formula is C21H16N2O4S. The molecule has 28 heavy (non-hydrogen) atoms. The van der Waals surface area contributed by atoms with Crippen molar-refractivity contribution >= 4 is 39.1 Å². The SMILES string of the molecule is Cc1cc(NC(=O)C(OC(=O)c2cc3ccccc3s2)c2ccccc2)no1. The number of fused-ring (bicyclic) bond motifs is 1. The molecule has 2 heterocycles. The van der Waals surface area contributed by atoms with Crippen LogP contribution in [0.15, 0.2) is 71.3 Å². The second-order valence-corrected chi connectivity index (χ2v) is 7.24. The minimum Gasteiger partial charge on any atom is -0.443 e. The van der Waals surface area contributed by atoms with Crippen LogP contribution in [0, 0.1) is 6.92 Å². The number of carbonyl (C=O) groups excluding carboxylic acids is 2. The molecule has 0 aliphatic carbocycles. The second-order valence-electron chi connectivity index (χ2n) is 6.16. The fourth-order valence-electron chi connectivity index (χ4n) is 2.77. The smallest absolute Gasteiger partial charge is 0.349 e. The van der Waals surface area contributed by atoms with Gasteiger partial charge in [0.2, 0.25) is 6.10 Å². The van der Waals surface area contributed by atoms with Gasteiger partial charge in [0.15, 0.2) is 5.82 Å². The molecular weight excluding hydrogens is 376 g/mol. The van der Waals surface area contributed by atoms with Crippen molar-refractivity contribution in [2.75, 3.05) is 5.32 Å². The Labute approximate surface area is 164 Å². The molecule has 0 fully saturated rings. The highest BCUT2D eigenvalue weighted by Crippen LogP contribution is 2.28. The van der Waals surface area contributed by atoms with Gasteiger partial charge in [-0.25, -0.2) is 4.79 Å². The number of ether oxygens (including phenoxy) is 1. The van der Waals surface area contributed by atoms with Gasteiger partial charge in [-0.05, 0) is 24.4 Å². The Bertz CT molecular complexity index is 1100. The summed E-state index contributed by atoms with van der Waals surface area (Å²) in [5.74, 6) is -0.231. The van der Waals surface area contributed by atoms with Gasteiger partial charge in [0.1, 0.15) is 10.6 Å². The molecule has 1 atom stereocenters. The molecule has 140 valence electrons. The van der Waals surface area contributed by atoms with E-state index in [1.165, 1.54) is 11.3 Å². The largest absolute Gasteiger partial charge is 0.443 e. The lowest BCUT2D eigenvalue weighted by Gasteiger charge is -2.16. The van der Waals surface area contributed by atoms with Crippen molar-refractivity contribution in [3.8, 4) is 0 Å². The van der Waals surface area contributed by atoms with E-state index in [0.717, 1.165) is 10.1 Å². The summed E-state index contributed by atoms with van der Waals surface area (Å²) in [6, 6.07) is 19.9. The van der Waals surface area contributed by atoms with E-state index in [0.29, 0.717) is 16.2 Å². The average Bonchev–Trinajstić information content (AvgIpc) is 3.32. The van der Waals surface area contributed by atoms with Crippen LogP contribution in [-0.2, 0) is 9.53 Å². The molecule has 0 spiro atoms. The summed E-state index contributed by atoms with van der Waals surface area (Å²) >= 11 is 1.33. The molecule has 2 aromatic heterocycles. The first-order valence-corrected chi connectivity index (χ1v) is 9.40. The highest BCUT2D eigenvalue weighted by atomic mass is 32.1. The van der Waals surface area contributed by atoms with E-state index in [4.69, 9.17) is 9.26 Å². The Morgan fingerprint density at radius 2 is 1.82 bits per heavy atom. The fraction of sp³-hybridized carbons (Fsp3) is 0.0952. The number of hydrogen-bond acceptors (Lipinski definition) is 6. The van der Waals surface area contributed by atoms with Crippen molar-refractivity contribution in [1.82, 2.24) is 5.16 Å². The summed E-state index contributed by atoms with van der Waals surface area (Å²) in [5.41, 5.74) is 0.565. The highest BCUT2D eigenvalue weighted by molar-refractivity contribution is 7.20. The number of esters is 1. The topological polar surface area (TPSA) is 81.4 Å². The van der Waals surface area contributed by atoms with Crippen LogP contribution in [0.5, 0.6) is 0 Å². The Kier molecular flexibility index (Phi) is 4.90. The van der Waals surface area contributed by atoms with Crippen LogP contribution in [0.4, 0.5) is 5.82 Å². The first-order valence-electron chi connectivity index (χ1n) is 8.59. The van der Waals surface area contributed by atoms with Crippen LogP contribution in [-0.4, -0.2) is 17.0 Å². The zero-order chi connectivity index (χ0) is 19.5. The maximum absolute atomic E-state index is 12.8. The molecule has 1 amide bonds. The fourth-order valence-corrected chi connectivity index (χ4v) is 3.71. The number of benzene rings is 2. The minimum atomic E-state index is -1.11. The average molecular weight is 392 g/mol. The van der Waals surface area contributed by atoms with Crippen molar-refractivity contribution < 1.29 is 18.8 Å². The molecule has 0 aliphatic rings. The predicted octanol–water partition coefficient (Wildman–Crippen LogP) is 4.73. The summed E-state index contributed by atoms with van der Waals surface area (Å²) in [6.07, 6.45) is -1.11. The Morgan fingerprint density at radius 1 is 1.07 bits per heavy atom. The van der Waals surface area contributed by atoms with E-state index in [1.807, 2.05) is 30.3 Å². The second kappa shape index (κ2) is 7.66. The molecule has 1 unspecified atom stereocenters. The molecule has 0 bridgehead atoms. The standard InChI is InChI=1S/C21H16N2O4S/c1-13-11-18(23-27-13)22-20(24)19(14-7-3-2-4-8-14)26-21(25)17-12-15-9-5-6-10-16(15)28-17/h2-12,19H,1H3,(H,22,23,24). The molecule has 1 N–H and O–H groups in total. The number of nitrogens with one attached hydrogen (secondary N) is 1. The van der Waals surface area contributed by atoms with Gasteiger partial charge < -0.3 is 14.6 Å². The van der Waals surface area contributed by atoms with Gasteiger partial charge in [-0.3, -0.25) is 4.79 Å². The maximum Gasteiger partial charge on any atom is 0.349 e. The lowest BCUT2D eigenvalue weighted by atomic mass is 10.1. The van der Waals surface area contributed by atoms with Gasteiger partial charge in [0.05, 0.1) is 0 Å². The molecule has 4 aromatic rings. The van der Waals surface area contributed by atoms with Crippen molar-refractivity contribution in [3.63, 3.8) is 0 Å². The van der Waals surface area contributed by atoms with Crippen LogP contribution < -0.4 is 5.32 Å². The molecule has 7 heteroatoms. The van der Waals surface area contributed by atoms with Crippen molar-refractivity contribution in [2.24, 2.45) is 0 Å². The van der Waals surface area contributed by atoms with Crippen molar-refractivity contribution in [2.45, 2.75) is 13.0 Å². The summed E-state index contributed by atoms with van der Waals surface area (Å²) in [5, 5.41) is 7.34. The van der Waals surface area contributed by atoms with Gasteiger partial charge in [-0.1, -0.05) is 53.7 Å². The molecule has 2 aromatic carbocycles. The van der Waals surface area contributed by atoms with Crippen LogP contribution in [0.1, 0.15) is 27.1 Å². The number of thiophene rings is 1. The third-order valence-corrected chi connectivity index (χ3v) is 5.17. The van der Waals surface area contributed by atoms with E-state index < -0.39 is 18.0 Å². The lowest BCUT2D eigenvalue weighted by molar-refractivity contribution is -0.125. The normalized spacial score (nSPS) is 11.9. The summed E-state index contributed by atoms with van der Waals surface area (Å²) in [6.45, 7) is 1.72. The van der Waals surface area contributed by atoms with Crippen LogP contribution in [0.3, 0.4) is 0 Å². The number of amides is 1. The van der Waals surface area contributed by atoms with E-state index >= 15 is 0 Å². The summed E-state index contributed by atoms with van der Waals surface area (Å²) in [4.78, 5) is 26.0. The molecule has 4 rings (SSSR count). The maximum atomic E-state index is 12.8. The highest BCUT2D eigenvalue weighted by Gasteiger charge is 2.27. The zero-order valence-corrected chi connectivity index (χ0v) is 15.7. The lowest BCUT2D eigenvalue weighted by Crippen LogP contribution is -2.25. The number of hydrogen-bond donors (Lipinski definition) is 1. The molecule has 0 aliphatic heterocycles. The molecule has 0 saturated heterocycles. The summed E-state index contributed by atoms with van der Waals surface area (Å²) in [7, 11) is 0. The Balaban J connectivity index is 1.59. The van der Waals surface area contributed by atoms with E-state index in [2.05, 4.69) is 10.5 Å². The number of aromatic nitrogens is 1. The van der Waals surface area contributed by atoms with Gasteiger partial charge in [0.25, 0.3) is 5.91 Å². The third kappa shape index (κ3) is 3.79. The predicted molar refractivity (Wildman–Crippen MR) is 106 cm³/mol. The van der Waals surface area contributed by atoms with Crippen molar-refractivity contribution in [3.05, 3.63) is 82.9 Å². The van der Waals surface area contributed by atoms with E-state index in [-0.39, 0.29) is 5.82 Å². The third-order valence-electron chi connectivity index (χ3n) is 4.07. The van der Waals surface area contributed by atoms with E-state index in [9.17, 15) is 9.59 Å². The first kappa shape index (κ1) is 17.9. The number of anilines is 1. The Morgan fingerprint density at radius 3 is 2.54 bits per heavy atom. The molecule has 0 radical (unpaired) electrons.